The van der Waals surface area contributed by atoms with E-state index in [0.29, 0.717) is 0 Å². The van der Waals surface area contributed by atoms with E-state index in [2.05, 4.69) is 13.1 Å². The summed E-state index contributed by atoms with van der Waals surface area (Å²) in [6, 6.07) is 2.51. The van der Waals surface area contributed by atoms with Crippen LogP contribution in [0.15, 0.2) is 0 Å². The topological polar surface area (TPSA) is 23.8 Å². The van der Waals surface area contributed by atoms with Crippen LogP contribution in [0.3, 0.4) is 0 Å². The first kappa shape index (κ1) is 9.83. The zero-order chi connectivity index (χ0) is 7.95. The van der Waals surface area contributed by atoms with Crippen LogP contribution in [0.5, 0.6) is 0 Å². The first-order valence-corrected chi connectivity index (χ1v) is 4.43. The fourth-order valence-electron chi connectivity index (χ4n) is 2.33. The summed E-state index contributed by atoms with van der Waals surface area (Å²) in [4.78, 5) is 0. The van der Waals surface area contributed by atoms with Gasteiger partial charge in [0.2, 0.25) is 0 Å². The van der Waals surface area contributed by atoms with Gasteiger partial charge in [-0.15, -0.1) is 0 Å². The van der Waals surface area contributed by atoms with E-state index in [-0.39, 0.29) is 17.8 Å². The first-order valence-electron chi connectivity index (χ1n) is 4.43. The third kappa shape index (κ3) is 1.32. The lowest BCUT2D eigenvalue weighted by Crippen LogP contribution is -3.00. The maximum atomic E-state index is 8.99. The quantitative estimate of drug-likeness (QED) is 0.408. The number of hydrogen-bond acceptors (Lipinski definition) is 1. The molecule has 0 spiro atoms. The summed E-state index contributed by atoms with van der Waals surface area (Å²) in [5.74, 6) is 0. The number of hydrogen-bond donors (Lipinski definition) is 0. The van der Waals surface area contributed by atoms with Crippen molar-refractivity contribution in [2.24, 2.45) is 5.41 Å². The second-order valence-corrected chi connectivity index (χ2v) is 4.43. The average Bonchev–Trinajstić information content (AvgIpc) is 2.07. The standard InChI is InChI=1S/C9H15N2.ClH/c1-11-5-2-9(8-10,3-6-11)4-7-11;/h2-7H2,1H3;1H/q+1;/p-1. The van der Waals surface area contributed by atoms with Gasteiger partial charge in [-0.05, 0) is 0 Å². The van der Waals surface area contributed by atoms with Crippen molar-refractivity contribution in [3.05, 3.63) is 0 Å². The molecule has 0 N–H and O–H groups in total. The number of rotatable bonds is 0. The minimum atomic E-state index is 0. The van der Waals surface area contributed by atoms with E-state index in [1.165, 1.54) is 24.1 Å². The van der Waals surface area contributed by atoms with Gasteiger partial charge in [0, 0.05) is 19.3 Å². The molecular formula is C9H15ClN2. The van der Waals surface area contributed by atoms with Gasteiger partial charge >= 0.3 is 0 Å². The maximum absolute atomic E-state index is 8.99. The smallest absolute Gasteiger partial charge is 0.0800 e. The molecule has 0 atom stereocenters. The molecule has 3 heterocycles. The molecule has 0 radical (unpaired) electrons. The molecule has 0 amide bonds. The van der Waals surface area contributed by atoms with Gasteiger partial charge in [0.15, 0.2) is 0 Å². The van der Waals surface area contributed by atoms with Gasteiger partial charge in [-0.25, -0.2) is 0 Å². The van der Waals surface area contributed by atoms with Crippen LogP contribution in [0, 0.1) is 16.7 Å². The van der Waals surface area contributed by atoms with Crippen molar-refractivity contribution in [2.45, 2.75) is 19.3 Å². The molecule has 3 rings (SSSR count). The molecule has 0 aromatic heterocycles. The first-order chi connectivity index (χ1) is 5.18. The summed E-state index contributed by atoms with van der Waals surface area (Å²) in [7, 11) is 2.32. The van der Waals surface area contributed by atoms with Gasteiger partial charge in [0.05, 0.1) is 38.2 Å². The van der Waals surface area contributed by atoms with E-state index in [1.807, 2.05) is 0 Å². The molecule has 3 fully saturated rings. The van der Waals surface area contributed by atoms with Gasteiger partial charge in [-0.1, -0.05) is 0 Å². The highest BCUT2D eigenvalue weighted by Gasteiger charge is 2.47. The normalized spacial score (nSPS) is 44.7. The molecule has 2 nitrogen and oxygen atoms in total. The number of nitrogens with zero attached hydrogens (tertiary/aromatic N) is 2. The summed E-state index contributed by atoms with van der Waals surface area (Å²) >= 11 is 0. The molecule has 68 valence electrons. The molecule has 2 bridgehead atoms. The van der Waals surface area contributed by atoms with Crippen LogP contribution < -0.4 is 12.4 Å². The highest BCUT2D eigenvalue weighted by atomic mass is 35.5. The van der Waals surface area contributed by atoms with Crippen molar-refractivity contribution in [1.82, 2.24) is 0 Å². The summed E-state index contributed by atoms with van der Waals surface area (Å²) < 4.78 is 1.23. The predicted molar refractivity (Wildman–Crippen MR) is 42.7 cm³/mol. The van der Waals surface area contributed by atoms with Crippen molar-refractivity contribution in [2.75, 3.05) is 26.7 Å². The lowest BCUT2D eigenvalue weighted by atomic mass is 9.72. The van der Waals surface area contributed by atoms with Crippen LogP contribution in [0.1, 0.15) is 19.3 Å². The fourth-order valence-corrected chi connectivity index (χ4v) is 2.33. The van der Waals surface area contributed by atoms with E-state index in [4.69, 9.17) is 5.26 Å². The molecule has 0 unspecified atom stereocenters. The number of fused-ring (bicyclic) bond motifs is 3. The van der Waals surface area contributed by atoms with Crippen molar-refractivity contribution in [3.63, 3.8) is 0 Å². The predicted octanol–water partition coefficient (Wildman–Crippen LogP) is -1.86. The summed E-state index contributed by atoms with van der Waals surface area (Å²) in [5.41, 5.74) is 0.0933. The van der Waals surface area contributed by atoms with Crippen molar-refractivity contribution in [3.8, 4) is 6.07 Å². The zero-order valence-electron chi connectivity index (χ0n) is 7.52. The lowest BCUT2D eigenvalue weighted by Gasteiger charge is -2.50. The van der Waals surface area contributed by atoms with Crippen molar-refractivity contribution < 1.29 is 16.9 Å². The second-order valence-electron chi connectivity index (χ2n) is 4.43. The van der Waals surface area contributed by atoms with E-state index < -0.39 is 0 Å². The third-order valence-corrected chi connectivity index (χ3v) is 3.63. The summed E-state index contributed by atoms with van der Waals surface area (Å²) in [5, 5.41) is 8.99. The van der Waals surface area contributed by atoms with Gasteiger partial charge in [0.1, 0.15) is 0 Å². The molecule has 3 heteroatoms. The molecular weight excluding hydrogens is 172 g/mol. The van der Waals surface area contributed by atoms with Crippen LogP contribution in [-0.2, 0) is 0 Å². The van der Waals surface area contributed by atoms with Gasteiger partial charge in [-0.2, -0.15) is 5.26 Å². The van der Waals surface area contributed by atoms with Crippen LogP contribution >= 0.6 is 0 Å². The Hall–Kier alpha value is -0.260. The Morgan fingerprint density at radius 2 is 1.58 bits per heavy atom. The van der Waals surface area contributed by atoms with E-state index >= 15 is 0 Å². The highest BCUT2D eigenvalue weighted by molar-refractivity contribution is 5.02. The number of piperidine rings is 3. The minimum Gasteiger partial charge on any atom is -1.00 e. The second kappa shape index (κ2) is 2.90. The largest absolute Gasteiger partial charge is 1.00 e. The van der Waals surface area contributed by atoms with Crippen molar-refractivity contribution >= 4 is 0 Å². The highest BCUT2D eigenvalue weighted by Crippen LogP contribution is 2.42. The summed E-state index contributed by atoms with van der Waals surface area (Å²) in [6.07, 6.45) is 3.42. The van der Waals surface area contributed by atoms with Crippen LogP contribution in [-0.4, -0.2) is 31.2 Å². The van der Waals surface area contributed by atoms with Crippen LogP contribution in [0.25, 0.3) is 0 Å². The molecule has 3 aliphatic heterocycles. The lowest BCUT2D eigenvalue weighted by molar-refractivity contribution is -0.926. The molecule has 12 heavy (non-hydrogen) atoms. The Morgan fingerprint density at radius 3 is 1.92 bits per heavy atom. The van der Waals surface area contributed by atoms with E-state index in [1.54, 1.807) is 0 Å². The molecule has 3 aliphatic rings. The Labute approximate surface area is 80.2 Å². The molecule has 0 aliphatic carbocycles. The fraction of sp³-hybridized carbons (Fsp3) is 0.889. The zero-order valence-corrected chi connectivity index (χ0v) is 8.27. The Kier molecular flexibility index (Phi) is 2.38. The molecule has 0 aromatic rings. The van der Waals surface area contributed by atoms with Crippen LogP contribution in [0.2, 0.25) is 0 Å². The third-order valence-electron chi connectivity index (χ3n) is 3.63. The SMILES string of the molecule is C[N+]12CCC(C#N)(CC1)CC2.[Cl-]. The molecule has 3 saturated heterocycles. The molecule has 0 aromatic carbocycles. The minimum absolute atomic E-state index is 0. The Balaban J connectivity index is 0.000000720. The number of nitriles is 1. The Bertz CT molecular complexity index is 195. The molecule has 0 saturated carbocycles. The van der Waals surface area contributed by atoms with E-state index in [0.717, 1.165) is 19.3 Å². The maximum Gasteiger partial charge on any atom is 0.0800 e. The van der Waals surface area contributed by atoms with Crippen LogP contribution in [0.4, 0.5) is 0 Å². The average molecular weight is 187 g/mol. The van der Waals surface area contributed by atoms with E-state index in [9.17, 15) is 0 Å². The Morgan fingerprint density at radius 1 is 1.17 bits per heavy atom. The van der Waals surface area contributed by atoms with Gasteiger partial charge in [-0.3, -0.25) is 0 Å². The summed E-state index contributed by atoms with van der Waals surface area (Å²) in [6.45, 7) is 3.69. The number of quaternary nitrogens is 1. The van der Waals surface area contributed by atoms with Gasteiger partial charge in [0.25, 0.3) is 0 Å². The number of halogens is 1. The van der Waals surface area contributed by atoms with Crippen molar-refractivity contribution in [1.29, 1.82) is 5.26 Å². The van der Waals surface area contributed by atoms with Gasteiger partial charge < -0.3 is 16.9 Å². The monoisotopic (exact) mass is 186 g/mol.